The Morgan fingerprint density at radius 2 is 1.62 bits per heavy atom. The summed E-state index contributed by atoms with van der Waals surface area (Å²) in [7, 11) is 2.55. The Morgan fingerprint density at radius 3 is 2.08 bits per heavy atom. The lowest BCUT2D eigenvalue weighted by molar-refractivity contribution is -0.143. The molecule has 0 aromatic rings. The van der Waals surface area contributed by atoms with Crippen LogP contribution >= 0.6 is 0 Å². The minimum atomic E-state index is -0.629. The van der Waals surface area contributed by atoms with Crippen molar-refractivity contribution in [3.63, 3.8) is 0 Å². The van der Waals surface area contributed by atoms with Crippen molar-refractivity contribution in [2.24, 2.45) is 0 Å². The summed E-state index contributed by atoms with van der Waals surface area (Å²) in [5, 5.41) is 0. The second-order valence-electron chi connectivity index (χ2n) is 2.44. The molecule has 0 aromatic carbocycles. The SMILES string of the molecule is COCC(=O)CC(=O)CC(=O)OC. The Labute approximate surface area is 76.0 Å². The molecule has 5 nitrogen and oxygen atoms in total. The molecule has 0 fully saturated rings. The maximum absolute atomic E-state index is 10.9. The third kappa shape index (κ3) is 5.98. The van der Waals surface area contributed by atoms with Gasteiger partial charge in [-0.25, -0.2) is 0 Å². The number of ketones is 2. The number of Topliss-reactive ketones (excluding diaryl/α,β-unsaturated/α-hetero) is 2. The van der Waals surface area contributed by atoms with Crippen LogP contribution in [0.3, 0.4) is 0 Å². The fourth-order valence-corrected chi connectivity index (χ4v) is 0.728. The fourth-order valence-electron chi connectivity index (χ4n) is 0.728. The number of hydrogen-bond donors (Lipinski definition) is 0. The topological polar surface area (TPSA) is 69.7 Å². The quantitative estimate of drug-likeness (QED) is 0.423. The molecule has 0 spiro atoms. The number of rotatable bonds is 6. The summed E-state index contributed by atoms with van der Waals surface area (Å²) in [6, 6.07) is 0. The van der Waals surface area contributed by atoms with Gasteiger partial charge in [-0.2, -0.15) is 0 Å². The van der Waals surface area contributed by atoms with Crippen LogP contribution in [0.15, 0.2) is 0 Å². The van der Waals surface area contributed by atoms with Gasteiger partial charge < -0.3 is 9.47 Å². The number of ether oxygens (including phenoxy) is 2. The number of methoxy groups -OCH3 is 2. The molecule has 0 N–H and O–H groups in total. The van der Waals surface area contributed by atoms with Gasteiger partial charge >= 0.3 is 5.97 Å². The lowest BCUT2D eigenvalue weighted by Crippen LogP contribution is -2.16. The van der Waals surface area contributed by atoms with Gasteiger partial charge in [0, 0.05) is 7.11 Å². The van der Waals surface area contributed by atoms with Gasteiger partial charge in [0.1, 0.15) is 13.0 Å². The summed E-state index contributed by atoms with van der Waals surface area (Å²) in [6.07, 6.45) is -0.630. The van der Waals surface area contributed by atoms with Gasteiger partial charge in [0.2, 0.25) is 0 Å². The maximum atomic E-state index is 10.9. The molecule has 0 rings (SSSR count). The highest BCUT2D eigenvalue weighted by Crippen LogP contribution is 1.94. The molecule has 5 heteroatoms. The van der Waals surface area contributed by atoms with Crippen molar-refractivity contribution >= 4 is 17.5 Å². The van der Waals surface area contributed by atoms with E-state index in [1.165, 1.54) is 14.2 Å². The minimum absolute atomic E-state index is 0.104. The molecule has 0 radical (unpaired) electrons. The average molecular weight is 188 g/mol. The zero-order valence-corrected chi connectivity index (χ0v) is 7.66. The third-order valence-corrected chi connectivity index (χ3v) is 1.27. The average Bonchev–Trinajstić information content (AvgIpc) is 2.04. The van der Waals surface area contributed by atoms with E-state index in [4.69, 9.17) is 0 Å². The van der Waals surface area contributed by atoms with Crippen molar-refractivity contribution in [3.8, 4) is 0 Å². The predicted molar refractivity (Wildman–Crippen MR) is 43.1 cm³/mol. The first-order valence-corrected chi connectivity index (χ1v) is 3.69. The standard InChI is InChI=1S/C8H12O5/c1-12-5-7(10)3-6(9)4-8(11)13-2/h3-5H2,1-2H3. The molecule has 0 saturated carbocycles. The minimum Gasteiger partial charge on any atom is -0.469 e. The Bertz CT molecular complexity index is 209. The van der Waals surface area contributed by atoms with Crippen LogP contribution in [0.1, 0.15) is 12.8 Å². The Morgan fingerprint density at radius 1 is 1.00 bits per heavy atom. The van der Waals surface area contributed by atoms with Crippen molar-refractivity contribution in [1.29, 1.82) is 0 Å². The normalized spacial score (nSPS) is 9.38. The van der Waals surface area contributed by atoms with Crippen LogP contribution < -0.4 is 0 Å². The molecule has 0 bridgehead atoms. The summed E-state index contributed by atoms with van der Waals surface area (Å²) in [5.74, 6) is -1.42. The number of carbonyl (C=O) groups excluding carboxylic acids is 3. The molecule has 0 amide bonds. The van der Waals surface area contributed by atoms with Crippen molar-refractivity contribution in [2.45, 2.75) is 12.8 Å². The summed E-state index contributed by atoms with van der Waals surface area (Å²) in [6.45, 7) is -0.104. The highest BCUT2D eigenvalue weighted by atomic mass is 16.5. The Kier molecular flexibility index (Phi) is 5.71. The molecule has 13 heavy (non-hydrogen) atoms. The Hall–Kier alpha value is -1.23. The van der Waals surface area contributed by atoms with Gasteiger partial charge in [0.05, 0.1) is 13.5 Å². The van der Waals surface area contributed by atoms with Gasteiger partial charge in [-0.15, -0.1) is 0 Å². The monoisotopic (exact) mass is 188 g/mol. The second kappa shape index (κ2) is 6.30. The maximum Gasteiger partial charge on any atom is 0.313 e. The van der Waals surface area contributed by atoms with Crippen molar-refractivity contribution in [2.75, 3.05) is 20.8 Å². The fraction of sp³-hybridized carbons (Fsp3) is 0.625. The van der Waals surface area contributed by atoms with E-state index >= 15 is 0 Å². The van der Waals surface area contributed by atoms with Crippen molar-refractivity contribution in [3.05, 3.63) is 0 Å². The molecule has 0 unspecified atom stereocenters. The molecule has 0 aliphatic heterocycles. The molecular formula is C8H12O5. The van der Waals surface area contributed by atoms with Gasteiger partial charge in [-0.1, -0.05) is 0 Å². The van der Waals surface area contributed by atoms with E-state index in [0.29, 0.717) is 0 Å². The first-order valence-electron chi connectivity index (χ1n) is 3.69. The largest absolute Gasteiger partial charge is 0.469 e. The van der Waals surface area contributed by atoms with E-state index in [1.807, 2.05) is 0 Å². The molecule has 0 saturated heterocycles. The number of hydrogen-bond acceptors (Lipinski definition) is 5. The van der Waals surface area contributed by atoms with E-state index in [1.54, 1.807) is 0 Å². The highest BCUT2D eigenvalue weighted by Gasteiger charge is 2.13. The predicted octanol–water partition coefficient (Wildman–Crippen LogP) is -0.276. The summed E-state index contributed by atoms with van der Waals surface area (Å²) in [4.78, 5) is 32.3. The summed E-state index contributed by atoms with van der Waals surface area (Å²) < 4.78 is 8.78. The van der Waals surface area contributed by atoms with E-state index in [9.17, 15) is 14.4 Å². The molecular weight excluding hydrogens is 176 g/mol. The van der Waals surface area contributed by atoms with Crippen LogP contribution in [0.2, 0.25) is 0 Å². The zero-order valence-electron chi connectivity index (χ0n) is 7.66. The lowest BCUT2D eigenvalue weighted by Gasteiger charge is -1.98. The zero-order chi connectivity index (χ0) is 10.3. The third-order valence-electron chi connectivity index (χ3n) is 1.27. The molecule has 74 valence electrons. The highest BCUT2D eigenvalue weighted by molar-refractivity contribution is 6.05. The molecule has 0 heterocycles. The van der Waals surface area contributed by atoms with Crippen LogP contribution in [0.4, 0.5) is 0 Å². The second-order valence-corrected chi connectivity index (χ2v) is 2.44. The molecule has 0 atom stereocenters. The van der Waals surface area contributed by atoms with Gasteiger partial charge in [-0.3, -0.25) is 14.4 Å². The van der Waals surface area contributed by atoms with Gasteiger partial charge in [-0.05, 0) is 0 Å². The Balaban J connectivity index is 3.74. The van der Waals surface area contributed by atoms with E-state index < -0.39 is 11.8 Å². The number of esters is 1. The van der Waals surface area contributed by atoms with Crippen molar-refractivity contribution in [1.82, 2.24) is 0 Å². The first-order chi connectivity index (χ1) is 6.10. The molecule has 0 aromatic heterocycles. The van der Waals surface area contributed by atoms with Gasteiger partial charge in [0.25, 0.3) is 0 Å². The van der Waals surface area contributed by atoms with E-state index in [-0.39, 0.29) is 25.2 Å². The van der Waals surface area contributed by atoms with Crippen LogP contribution in [-0.2, 0) is 23.9 Å². The van der Waals surface area contributed by atoms with Crippen LogP contribution in [-0.4, -0.2) is 38.4 Å². The molecule has 0 aliphatic rings. The van der Waals surface area contributed by atoms with Crippen LogP contribution in [0, 0.1) is 0 Å². The number of carbonyl (C=O) groups is 3. The lowest BCUT2D eigenvalue weighted by atomic mass is 10.1. The van der Waals surface area contributed by atoms with Crippen molar-refractivity contribution < 1.29 is 23.9 Å². The summed E-state index contributed by atoms with van der Waals surface area (Å²) >= 11 is 0. The van der Waals surface area contributed by atoms with E-state index in [2.05, 4.69) is 9.47 Å². The van der Waals surface area contributed by atoms with Gasteiger partial charge in [0.15, 0.2) is 11.6 Å². The summed E-state index contributed by atoms with van der Waals surface area (Å²) in [5.41, 5.74) is 0. The van der Waals surface area contributed by atoms with Crippen LogP contribution in [0.5, 0.6) is 0 Å². The van der Waals surface area contributed by atoms with E-state index in [0.717, 1.165) is 0 Å². The molecule has 0 aliphatic carbocycles. The van der Waals surface area contributed by atoms with Crippen LogP contribution in [0.25, 0.3) is 0 Å². The first kappa shape index (κ1) is 11.8. The smallest absolute Gasteiger partial charge is 0.313 e.